The first-order valence-corrected chi connectivity index (χ1v) is 1.49. The van der Waals surface area contributed by atoms with Gasteiger partial charge in [0.15, 0.2) is 0 Å². The van der Waals surface area contributed by atoms with Gasteiger partial charge in [-0.2, -0.15) is 0 Å². The number of H-pyrrole nitrogens is 1. The van der Waals surface area contributed by atoms with E-state index >= 15 is 0 Å². The first-order chi connectivity index (χ1) is 2.50. The number of hydrogen-bond acceptors (Lipinski definition) is 0. The van der Waals surface area contributed by atoms with Crippen molar-refractivity contribution in [2.75, 3.05) is 0 Å². The number of aromatic nitrogens is 1. The van der Waals surface area contributed by atoms with Gasteiger partial charge in [-0.3, -0.25) is 0 Å². The van der Waals surface area contributed by atoms with Crippen molar-refractivity contribution < 1.29 is 51.4 Å². The normalized spacial score (nSPS) is 6.67. The largest absolute Gasteiger partial charge is 1.00 e. The Bertz CT molecular complexity index is 64.0. The number of nitrogens with one attached hydrogen (secondary N) is 1. The van der Waals surface area contributed by atoms with Crippen molar-refractivity contribution in [2.45, 2.75) is 0 Å². The van der Waals surface area contributed by atoms with Gasteiger partial charge in [-0.15, -0.1) is 12.4 Å². The first kappa shape index (κ1) is 6.92. The van der Waals surface area contributed by atoms with Crippen molar-refractivity contribution in [3.05, 3.63) is 24.5 Å². The third-order valence-corrected chi connectivity index (χ3v) is 0.442. The molecule has 1 rings (SSSR count). The Labute approximate surface area is 79.6 Å². The molecule has 0 radical (unpaired) electrons. The van der Waals surface area contributed by atoms with E-state index in [1.807, 2.05) is 12.3 Å². The summed E-state index contributed by atoms with van der Waals surface area (Å²) in [6.45, 7) is 0. The van der Waals surface area contributed by atoms with Crippen molar-refractivity contribution >= 4 is 0 Å². The van der Waals surface area contributed by atoms with E-state index in [0.717, 1.165) is 0 Å². The van der Waals surface area contributed by atoms with E-state index in [1.54, 1.807) is 6.20 Å². The van der Waals surface area contributed by atoms with Crippen LogP contribution in [0.2, 0.25) is 0 Å². The van der Waals surface area contributed by atoms with Crippen LogP contribution in [-0.2, 0) is 0 Å². The van der Waals surface area contributed by atoms with Crippen LogP contribution in [0.3, 0.4) is 0 Å². The number of rotatable bonds is 0. The molecule has 0 aromatic carbocycles. The Morgan fingerprint density at radius 2 is 2.33 bits per heavy atom. The fourth-order valence-electron chi connectivity index (χ4n) is 0.241. The molecule has 0 saturated heterocycles. The van der Waals surface area contributed by atoms with Crippen LogP contribution in [0, 0.1) is 6.07 Å². The average Bonchev–Trinajstić information content (AvgIpc) is 1.76. The minimum Gasteiger partial charge on any atom is -0.461 e. The zero-order valence-corrected chi connectivity index (χ0v) is 6.86. The molecule has 0 bridgehead atoms. The summed E-state index contributed by atoms with van der Waals surface area (Å²) < 4.78 is 0. The molecule has 1 heterocycles. The topological polar surface area (TPSA) is 15.8 Å². The summed E-state index contributed by atoms with van der Waals surface area (Å²) in [5.74, 6) is 0. The van der Waals surface area contributed by atoms with E-state index in [9.17, 15) is 0 Å². The SMILES string of the molecule is [K+].[c-]1cc[nH]c1. The number of hydrogen-bond donors (Lipinski definition) is 1. The van der Waals surface area contributed by atoms with Crippen molar-refractivity contribution in [2.24, 2.45) is 0 Å². The zero-order chi connectivity index (χ0) is 3.54. The summed E-state index contributed by atoms with van der Waals surface area (Å²) in [6, 6.07) is 4.62. The molecule has 0 aliphatic carbocycles. The molecular weight excluding hydrogens is 101 g/mol. The van der Waals surface area contributed by atoms with Gasteiger partial charge in [0.25, 0.3) is 0 Å². The first-order valence-electron chi connectivity index (χ1n) is 1.49. The van der Waals surface area contributed by atoms with E-state index in [4.69, 9.17) is 0 Å². The van der Waals surface area contributed by atoms with Gasteiger partial charge in [-0.25, -0.2) is 12.1 Å². The van der Waals surface area contributed by atoms with Crippen molar-refractivity contribution in [1.29, 1.82) is 0 Å². The molecular formula is C4H4KN. The third-order valence-electron chi connectivity index (χ3n) is 0.442. The maximum atomic E-state index is 2.81. The molecule has 1 aromatic heterocycles. The van der Waals surface area contributed by atoms with Crippen LogP contribution in [0.1, 0.15) is 0 Å². The molecule has 1 aromatic rings. The Hall–Kier alpha value is 0.916. The molecule has 26 valence electrons. The Balaban J connectivity index is 0.000000250. The van der Waals surface area contributed by atoms with Gasteiger partial charge < -0.3 is 4.98 Å². The molecule has 0 unspecified atom stereocenters. The molecule has 0 atom stereocenters. The Morgan fingerprint density at radius 3 is 2.50 bits per heavy atom. The molecule has 0 aliphatic heterocycles. The summed E-state index contributed by atoms with van der Waals surface area (Å²) in [7, 11) is 0. The monoisotopic (exact) mass is 105 g/mol. The summed E-state index contributed by atoms with van der Waals surface area (Å²) >= 11 is 0. The van der Waals surface area contributed by atoms with Gasteiger partial charge in [-0.1, -0.05) is 0 Å². The standard InChI is InChI=1S/C4H4N.K/c1-2-4-5-3-1;/h1,3-5H;/q-1;+1. The molecule has 0 amide bonds. The van der Waals surface area contributed by atoms with Crippen LogP contribution in [0.4, 0.5) is 0 Å². The van der Waals surface area contributed by atoms with Gasteiger partial charge in [0.1, 0.15) is 0 Å². The second-order valence-corrected chi connectivity index (χ2v) is 0.811. The summed E-state index contributed by atoms with van der Waals surface area (Å²) in [6.07, 6.45) is 3.57. The van der Waals surface area contributed by atoms with Crippen molar-refractivity contribution in [3.63, 3.8) is 0 Å². The van der Waals surface area contributed by atoms with Crippen LogP contribution < -0.4 is 51.4 Å². The van der Waals surface area contributed by atoms with E-state index < -0.39 is 0 Å². The zero-order valence-electron chi connectivity index (χ0n) is 3.73. The van der Waals surface area contributed by atoms with Gasteiger partial charge >= 0.3 is 51.4 Å². The van der Waals surface area contributed by atoms with Crippen molar-refractivity contribution in [3.8, 4) is 0 Å². The van der Waals surface area contributed by atoms with Crippen molar-refractivity contribution in [1.82, 2.24) is 4.98 Å². The molecule has 2 heteroatoms. The van der Waals surface area contributed by atoms with Crippen LogP contribution in [-0.4, -0.2) is 4.98 Å². The predicted molar refractivity (Wildman–Crippen MR) is 19.6 cm³/mol. The summed E-state index contributed by atoms with van der Waals surface area (Å²) in [5.41, 5.74) is 0. The van der Waals surface area contributed by atoms with Crippen LogP contribution in [0.15, 0.2) is 18.5 Å². The molecule has 1 N–H and O–H groups in total. The quantitative estimate of drug-likeness (QED) is 0.285. The van der Waals surface area contributed by atoms with E-state index in [2.05, 4.69) is 11.1 Å². The molecule has 0 aliphatic rings. The minimum absolute atomic E-state index is 0. The van der Waals surface area contributed by atoms with Gasteiger partial charge in [0.2, 0.25) is 0 Å². The second kappa shape index (κ2) is 4.09. The van der Waals surface area contributed by atoms with E-state index in [-0.39, 0.29) is 51.4 Å². The average molecular weight is 105 g/mol. The maximum Gasteiger partial charge on any atom is 1.00 e. The molecule has 0 spiro atoms. The predicted octanol–water partition coefficient (Wildman–Crippen LogP) is -2.18. The minimum atomic E-state index is 0. The number of aromatic amines is 1. The summed E-state index contributed by atoms with van der Waals surface area (Å²) in [4.78, 5) is 2.81. The van der Waals surface area contributed by atoms with Crippen LogP contribution in [0.5, 0.6) is 0 Å². The molecule has 0 fully saturated rings. The van der Waals surface area contributed by atoms with Gasteiger partial charge in [0.05, 0.1) is 0 Å². The van der Waals surface area contributed by atoms with Crippen LogP contribution in [0.25, 0.3) is 0 Å². The summed E-state index contributed by atoms with van der Waals surface area (Å²) in [5, 5.41) is 0. The van der Waals surface area contributed by atoms with Gasteiger partial charge in [0, 0.05) is 0 Å². The fraction of sp³-hybridized carbons (Fsp3) is 0. The van der Waals surface area contributed by atoms with Gasteiger partial charge in [-0.05, 0) is 0 Å². The molecule has 0 saturated carbocycles. The Kier molecular flexibility index (Phi) is 4.71. The van der Waals surface area contributed by atoms with Crippen LogP contribution >= 0.6 is 0 Å². The second-order valence-electron chi connectivity index (χ2n) is 0.811. The smallest absolute Gasteiger partial charge is 0.461 e. The molecule has 6 heavy (non-hydrogen) atoms. The van der Waals surface area contributed by atoms with E-state index in [1.165, 1.54) is 0 Å². The molecule has 1 nitrogen and oxygen atoms in total. The maximum absolute atomic E-state index is 2.81. The Morgan fingerprint density at radius 1 is 1.50 bits per heavy atom. The third kappa shape index (κ3) is 2.15. The fourth-order valence-corrected chi connectivity index (χ4v) is 0.241. The van der Waals surface area contributed by atoms with E-state index in [0.29, 0.717) is 0 Å².